The third-order valence-corrected chi connectivity index (χ3v) is 7.37. The molecule has 2 heterocycles. The van der Waals surface area contributed by atoms with Gasteiger partial charge in [0.1, 0.15) is 15.5 Å². The lowest BCUT2D eigenvalue weighted by Gasteiger charge is -2.26. The van der Waals surface area contributed by atoms with Gasteiger partial charge in [0.15, 0.2) is 5.13 Å². The van der Waals surface area contributed by atoms with Crippen LogP contribution in [-0.2, 0) is 19.5 Å². The number of hydrogen-bond donors (Lipinski definition) is 1. The van der Waals surface area contributed by atoms with E-state index in [0.29, 0.717) is 18.9 Å². The first kappa shape index (κ1) is 22.2. The predicted octanol–water partition coefficient (Wildman–Crippen LogP) is 1.52. The van der Waals surface area contributed by atoms with Gasteiger partial charge >= 0.3 is 5.97 Å². The molecule has 30 heavy (non-hydrogen) atoms. The van der Waals surface area contributed by atoms with E-state index in [1.165, 1.54) is 36.7 Å². The maximum absolute atomic E-state index is 13.1. The zero-order valence-corrected chi connectivity index (χ0v) is 18.3. The maximum atomic E-state index is 13.1. The number of rotatable bonds is 6. The van der Waals surface area contributed by atoms with Crippen molar-refractivity contribution in [2.45, 2.75) is 11.8 Å². The number of sulfonamides is 1. The Kier molecular flexibility index (Phi) is 6.71. The van der Waals surface area contributed by atoms with Crippen LogP contribution in [-0.4, -0.2) is 70.1 Å². The summed E-state index contributed by atoms with van der Waals surface area (Å²) in [7, 11) is -1.26. The largest absolute Gasteiger partial charge is 0.495 e. The molecule has 0 spiro atoms. The minimum atomic E-state index is -3.88. The molecule has 3 rings (SSSR count). The summed E-state index contributed by atoms with van der Waals surface area (Å²) in [5, 5.41) is 2.79. The van der Waals surface area contributed by atoms with Gasteiger partial charge in [-0.25, -0.2) is 18.2 Å². The molecule has 1 aromatic heterocycles. The number of ether oxygens (including phenoxy) is 3. The van der Waals surface area contributed by atoms with Gasteiger partial charge < -0.3 is 14.2 Å². The number of carbonyl (C=O) groups is 2. The van der Waals surface area contributed by atoms with Crippen molar-refractivity contribution in [1.82, 2.24) is 9.29 Å². The number of anilines is 1. The maximum Gasteiger partial charge on any atom is 0.350 e. The van der Waals surface area contributed by atoms with Crippen molar-refractivity contribution in [1.29, 1.82) is 0 Å². The zero-order valence-electron chi connectivity index (χ0n) is 16.6. The van der Waals surface area contributed by atoms with Gasteiger partial charge in [0.2, 0.25) is 10.0 Å². The minimum absolute atomic E-state index is 0.106. The Labute approximate surface area is 177 Å². The molecule has 0 atom stereocenters. The third kappa shape index (κ3) is 4.46. The fourth-order valence-electron chi connectivity index (χ4n) is 2.85. The van der Waals surface area contributed by atoms with Crippen molar-refractivity contribution in [3.8, 4) is 5.75 Å². The lowest BCUT2D eigenvalue weighted by Crippen LogP contribution is -2.40. The molecule has 162 valence electrons. The summed E-state index contributed by atoms with van der Waals surface area (Å²) in [6.07, 6.45) is 0. The number of methoxy groups -OCH3 is 2. The van der Waals surface area contributed by atoms with E-state index >= 15 is 0 Å². The number of carbonyl (C=O) groups excluding carboxylic acids is 2. The van der Waals surface area contributed by atoms with Gasteiger partial charge in [0, 0.05) is 18.7 Å². The van der Waals surface area contributed by atoms with Crippen molar-refractivity contribution in [3.05, 3.63) is 34.3 Å². The normalized spacial score (nSPS) is 14.9. The molecule has 0 radical (unpaired) electrons. The van der Waals surface area contributed by atoms with Crippen LogP contribution < -0.4 is 10.1 Å². The number of nitrogens with zero attached hydrogens (tertiary/aromatic N) is 2. The Morgan fingerprint density at radius 2 is 1.93 bits per heavy atom. The average molecular weight is 456 g/mol. The average Bonchev–Trinajstić information content (AvgIpc) is 3.13. The Morgan fingerprint density at radius 1 is 1.23 bits per heavy atom. The van der Waals surface area contributed by atoms with Gasteiger partial charge in [0.05, 0.1) is 33.1 Å². The van der Waals surface area contributed by atoms with Crippen LogP contribution in [0, 0.1) is 6.92 Å². The predicted molar refractivity (Wildman–Crippen MR) is 109 cm³/mol. The monoisotopic (exact) mass is 455 g/mol. The van der Waals surface area contributed by atoms with E-state index in [1.54, 1.807) is 6.92 Å². The summed E-state index contributed by atoms with van der Waals surface area (Å²) in [4.78, 5) is 28.7. The van der Waals surface area contributed by atoms with Crippen molar-refractivity contribution in [2.75, 3.05) is 45.8 Å². The van der Waals surface area contributed by atoms with Crippen LogP contribution in [0.5, 0.6) is 5.75 Å². The van der Waals surface area contributed by atoms with E-state index in [-0.39, 0.29) is 39.3 Å². The Bertz CT molecular complexity index is 1060. The molecule has 0 aliphatic carbocycles. The highest BCUT2D eigenvalue weighted by Gasteiger charge is 2.30. The summed E-state index contributed by atoms with van der Waals surface area (Å²) in [6, 6.07) is 4.14. The van der Waals surface area contributed by atoms with Gasteiger partial charge in [-0.1, -0.05) is 11.3 Å². The van der Waals surface area contributed by atoms with E-state index in [1.807, 2.05) is 0 Å². The standard InChI is InChI=1S/C18H21N3O7S2/c1-11-15(17(23)27-3)29-18(19-11)20-16(22)12-4-5-13(26-2)14(10-12)30(24,25)21-6-8-28-9-7-21/h4-5,10H,6-9H2,1-3H3,(H,19,20,22). The Morgan fingerprint density at radius 3 is 2.57 bits per heavy atom. The van der Waals surface area contributed by atoms with Crippen LogP contribution in [0.15, 0.2) is 23.1 Å². The summed E-state index contributed by atoms with van der Waals surface area (Å²) in [6.45, 7) is 2.66. The number of nitrogens with one attached hydrogen (secondary N) is 1. The van der Waals surface area contributed by atoms with Crippen LogP contribution in [0.1, 0.15) is 25.7 Å². The number of amides is 1. The lowest BCUT2D eigenvalue weighted by atomic mass is 10.2. The molecule has 0 bridgehead atoms. The van der Waals surface area contributed by atoms with E-state index in [0.717, 1.165) is 11.3 Å². The van der Waals surface area contributed by atoms with E-state index < -0.39 is 21.9 Å². The summed E-state index contributed by atoms with van der Waals surface area (Å²) >= 11 is 0.973. The zero-order chi connectivity index (χ0) is 21.9. The highest BCUT2D eigenvalue weighted by molar-refractivity contribution is 7.89. The van der Waals surface area contributed by atoms with Crippen LogP contribution in [0.4, 0.5) is 5.13 Å². The van der Waals surface area contributed by atoms with Gasteiger partial charge in [-0.15, -0.1) is 0 Å². The molecule has 1 N–H and O–H groups in total. The molecule has 0 unspecified atom stereocenters. The molecule has 1 aromatic carbocycles. The van der Waals surface area contributed by atoms with Crippen molar-refractivity contribution in [2.24, 2.45) is 0 Å². The minimum Gasteiger partial charge on any atom is -0.495 e. The number of aryl methyl sites for hydroxylation is 1. The number of thiazole rings is 1. The van der Waals surface area contributed by atoms with Gasteiger partial charge in [-0.05, 0) is 25.1 Å². The smallest absolute Gasteiger partial charge is 0.350 e. The van der Waals surface area contributed by atoms with E-state index in [4.69, 9.17) is 9.47 Å². The molecule has 1 aliphatic rings. The number of benzene rings is 1. The number of esters is 1. The van der Waals surface area contributed by atoms with Crippen molar-refractivity contribution in [3.63, 3.8) is 0 Å². The van der Waals surface area contributed by atoms with Gasteiger partial charge in [0.25, 0.3) is 5.91 Å². The first-order valence-electron chi connectivity index (χ1n) is 8.91. The highest BCUT2D eigenvalue weighted by atomic mass is 32.2. The Hall–Kier alpha value is -2.54. The van der Waals surface area contributed by atoms with Crippen LogP contribution >= 0.6 is 11.3 Å². The first-order chi connectivity index (χ1) is 14.3. The molecule has 2 aromatic rings. The van der Waals surface area contributed by atoms with Crippen LogP contribution in [0.2, 0.25) is 0 Å². The summed E-state index contributed by atoms with van der Waals surface area (Å²) in [5.74, 6) is -0.980. The second kappa shape index (κ2) is 9.08. The molecule has 1 aliphatic heterocycles. The van der Waals surface area contributed by atoms with Crippen LogP contribution in [0.3, 0.4) is 0 Å². The molecule has 12 heteroatoms. The number of hydrogen-bond acceptors (Lipinski definition) is 9. The topological polar surface area (TPSA) is 124 Å². The second-order valence-electron chi connectivity index (χ2n) is 6.26. The third-order valence-electron chi connectivity index (χ3n) is 4.40. The molecule has 0 saturated carbocycles. The molecule has 10 nitrogen and oxygen atoms in total. The fraction of sp³-hybridized carbons (Fsp3) is 0.389. The molecular weight excluding hydrogens is 434 g/mol. The molecule has 1 amide bonds. The van der Waals surface area contributed by atoms with Crippen LogP contribution in [0.25, 0.3) is 0 Å². The molecule has 1 saturated heterocycles. The summed E-state index contributed by atoms with van der Waals surface area (Å²) < 4.78 is 42.5. The van der Waals surface area contributed by atoms with Gasteiger partial charge in [-0.2, -0.15) is 4.31 Å². The molecular formula is C18H21N3O7S2. The van der Waals surface area contributed by atoms with Gasteiger partial charge in [-0.3, -0.25) is 10.1 Å². The van der Waals surface area contributed by atoms with Crippen molar-refractivity contribution >= 4 is 38.4 Å². The fourth-order valence-corrected chi connectivity index (χ4v) is 5.32. The Balaban J connectivity index is 1.89. The van der Waals surface area contributed by atoms with E-state index in [2.05, 4.69) is 15.0 Å². The number of morpholine rings is 1. The number of aromatic nitrogens is 1. The first-order valence-corrected chi connectivity index (χ1v) is 11.2. The summed E-state index contributed by atoms with van der Waals surface area (Å²) in [5.41, 5.74) is 0.530. The highest BCUT2D eigenvalue weighted by Crippen LogP contribution is 2.29. The molecule has 1 fully saturated rings. The lowest BCUT2D eigenvalue weighted by molar-refractivity contribution is 0.0605. The van der Waals surface area contributed by atoms with E-state index in [9.17, 15) is 18.0 Å². The second-order valence-corrected chi connectivity index (χ2v) is 9.17. The SMILES string of the molecule is COC(=O)c1sc(NC(=O)c2ccc(OC)c(S(=O)(=O)N3CCOCC3)c2)nc1C. The van der Waals surface area contributed by atoms with Crippen molar-refractivity contribution < 1.29 is 32.2 Å². The quantitative estimate of drug-likeness (QED) is 0.650.